The number of aryl methyl sites for hydroxylation is 1. The summed E-state index contributed by atoms with van der Waals surface area (Å²) in [4.78, 5) is 31.9. The molecule has 7 heteroatoms. The van der Waals surface area contributed by atoms with Gasteiger partial charge in [-0.3, -0.25) is 9.59 Å². The van der Waals surface area contributed by atoms with Gasteiger partial charge in [0.25, 0.3) is 0 Å². The van der Waals surface area contributed by atoms with Crippen LogP contribution in [-0.2, 0) is 9.59 Å². The second-order valence-electron chi connectivity index (χ2n) is 9.72. The number of aromatic nitrogens is 2. The first-order valence-electron chi connectivity index (χ1n) is 12.6. The first kappa shape index (κ1) is 25.4. The molecule has 0 aliphatic carbocycles. The number of rotatable bonds is 7. The van der Waals surface area contributed by atoms with Crippen LogP contribution in [0.3, 0.4) is 0 Å². The molecule has 36 heavy (non-hydrogen) atoms. The standard InChI is InChI=1S/C29H35N5O2/c1-21(2)29(36)34(23(4)24-8-6-5-7-9-24)20-28(35)33-18-16-32(17-19-33)27-15-14-26(30-31-27)25-12-10-22(3)11-13-25/h5-15,21,23H,16-20H2,1-4H3/t23-/m1/s1. The molecule has 0 spiro atoms. The van der Waals surface area contributed by atoms with Gasteiger partial charge in [-0.25, -0.2) is 0 Å². The fourth-order valence-corrected chi connectivity index (χ4v) is 4.45. The van der Waals surface area contributed by atoms with Crippen LogP contribution < -0.4 is 4.90 Å². The molecule has 1 atom stereocenters. The van der Waals surface area contributed by atoms with E-state index in [1.54, 1.807) is 4.90 Å². The number of hydrogen-bond acceptors (Lipinski definition) is 5. The first-order valence-corrected chi connectivity index (χ1v) is 12.6. The molecule has 3 aromatic rings. The van der Waals surface area contributed by atoms with Gasteiger partial charge in [-0.1, -0.05) is 74.0 Å². The zero-order valence-electron chi connectivity index (χ0n) is 21.6. The molecule has 0 radical (unpaired) electrons. The molecule has 1 aliphatic heterocycles. The third kappa shape index (κ3) is 5.90. The molecule has 1 aromatic heterocycles. The predicted octanol–water partition coefficient (Wildman–Crippen LogP) is 4.35. The maximum Gasteiger partial charge on any atom is 0.242 e. The minimum atomic E-state index is -0.178. The van der Waals surface area contributed by atoms with E-state index in [2.05, 4.69) is 46.3 Å². The lowest BCUT2D eigenvalue weighted by Crippen LogP contribution is -2.52. The molecule has 7 nitrogen and oxygen atoms in total. The van der Waals surface area contributed by atoms with Crippen molar-refractivity contribution < 1.29 is 9.59 Å². The molecular weight excluding hydrogens is 450 g/mol. The number of benzene rings is 2. The first-order chi connectivity index (χ1) is 17.3. The van der Waals surface area contributed by atoms with Gasteiger partial charge in [-0.05, 0) is 31.5 Å². The Bertz CT molecular complexity index is 1150. The van der Waals surface area contributed by atoms with Crippen LogP contribution in [0.25, 0.3) is 11.3 Å². The summed E-state index contributed by atoms with van der Waals surface area (Å²) in [6.45, 7) is 10.4. The molecule has 188 valence electrons. The van der Waals surface area contributed by atoms with E-state index in [4.69, 9.17) is 0 Å². The molecule has 2 amide bonds. The lowest BCUT2D eigenvalue weighted by Gasteiger charge is -2.37. The Kier molecular flexibility index (Phi) is 7.98. The number of carbonyl (C=O) groups is 2. The molecule has 1 aliphatic rings. The molecule has 4 rings (SSSR count). The highest BCUT2D eigenvalue weighted by Crippen LogP contribution is 2.23. The molecule has 0 N–H and O–H groups in total. The summed E-state index contributed by atoms with van der Waals surface area (Å²) >= 11 is 0. The van der Waals surface area contributed by atoms with Gasteiger partial charge < -0.3 is 14.7 Å². The van der Waals surface area contributed by atoms with Gasteiger partial charge in [0, 0.05) is 37.7 Å². The Morgan fingerprint density at radius 2 is 1.53 bits per heavy atom. The number of piperazine rings is 1. The van der Waals surface area contributed by atoms with Crippen molar-refractivity contribution in [1.29, 1.82) is 0 Å². The topological polar surface area (TPSA) is 69.6 Å². The number of hydrogen-bond donors (Lipinski definition) is 0. The van der Waals surface area contributed by atoms with Crippen LogP contribution in [0.1, 0.15) is 37.9 Å². The van der Waals surface area contributed by atoms with E-state index in [0.717, 1.165) is 22.6 Å². The predicted molar refractivity (Wildman–Crippen MR) is 142 cm³/mol. The average molecular weight is 486 g/mol. The van der Waals surface area contributed by atoms with Crippen molar-refractivity contribution in [1.82, 2.24) is 20.0 Å². The Morgan fingerprint density at radius 1 is 0.861 bits per heavy atom. The van der Waals surface area contributed by atoms with Gasteiger partial charge in [0.15, 0.2) is 5.82 Å². The van der Waals surface area contributed by atoms with E-state index in [-0.39, 0.29) is 30.3 Å². The zero-order chi connectivity index (χ0) is 25.7. The highest BCUT2D eigenvalue weighted by Gasteiger charge is 2.29. The van der Waals surface area contributed by atoms with Gasteiger partial charge in [0.05, 0.1) is 11.7 Å². The fourth-order valence-electron chi connectivity index (χ4n) is 4.45. The van der Waals surface area contributed by atoms with Crippen molar-refractivity contribution in [3.8, 4) is 11.3 Å². The van der Waals surface area contributed by atoms with Crippen molar-refractivity contribution >= 4 is 17.6 Å². The van der Waals surface area contributed by atoms with Gasteiger partial charge in [-0.2, -0.15) is 0 Å². The Morgan fingerprint density at radius 3 is 2.11 bits per heavy atom. The van der Waals surface area contributed by atoms with Crippen LogP contribution in [0.5, 0.6) is 0 Å². The van der Waals surface area contributed by atoms with Gasteiger partial charge >= 0.3 is 0 Å². The Balaban J connectivity index is 1.37. The van der Waals surface area contributed by atoms with E-state index in [1.807, 2.05) is 68.1 Å². The Hall–Kier alpha value is -3.74. The van der Waals surface area contributed by atoms with Crippen LogP contribution in [0.4, 0.5) is 5.82 Å². The normalized spacial score (nSPS) is 14.6. The summed E-state index contributed by atoms with van der Waals surface area (Å²) in [5.41, 5.74) is 4.12. The Labute approximate surface area is 213 Å². The summed E-state index contributed by atoms with van der Waals surface area (Å²) in [6.07, 6.45) is 0. The van der Waals surface area contributed by atoms with Crippen LogP contribution >= 0.6 is 0 Å². The molecule has 2 heterocycles. The molecule has 1 saturated heterocycles. The summed E-state index contributed by atoms with van der Waals surface area (Å²) in [7, 11) is 0. The molecule has 2 aromatic carbocycles. The maximum atomic E-state index is 13.2. The lowest BCUT2D eigenvalue weighted by molar-refractivity contribution is -0.144. The highest BCUT2D eigenvalue weighted by molar-refractivity contribution is 5.86. The van der Waals surface area contributed by atoms with E-state index in [0.29, 0.717) is 26.2 Å². The van der Waals surface area contributed by atoms with Crippen molar-refractivity contribution in [2.24, 2.45) is 5.92 Å². The third-order valence-corrected chi connectivity index (χ3v) is 6.79. The number of anilines is 1. The van der Waals surface area contributed by atoms with Crippen LogP contribution in [-0.4, -0.2) is 64.5 Å². The van der Waals surface area contributed by atoms with Crippen molar-refractivity contribution in [2.75, 3.05) is 37.6 Å². The van der Waals surface area contributed by atoms with Crippen LogP contribution in [0.15, 0.2) is 66.7 Å². The molecule has 0 saturated carbocycles. The molecule has 1 fully saturated rings. The lowest BCUT2D eigenvalue weighted by atomic mass is 10.0. The monoisotopic (exact) mass is 485 g/mol. The van der Waals surface area contributed by atoms with E-state index in [9.17, 15) is 9.59 Å². The minimum absolute atomic E-state index is 0.0118. The van der Waals surface area contributed by atoms with Crippen LogP contribution in [0.2, 0.25) is 0 Å². The third-order valence-electron chi connectivity index (χ3n) is 6.79. The summed E-state index contributed by atoms with van der Waals surface area (Å²) in [5.74, 6) is 0.601. The van der Waals surface area contributed by atoms with E-state index < -0.39 is 0 Å². The highest BCUT2D eigenvalue weighted by atomic mass is 16.2. The second kappa shape index (κ2) is 11.3. The smallest absolute Gasteiger partial charge is 0.242 e. The van der Waals surface area contributed by atoms with Gasteiger partial charge in [0.2, 0.25) is 11.8 Å². The fraction of sp³-hybridized carbons (Fsp3) is 0.379. The zero-order valence-corrected chi connectivity index (χ0v) is 21.6. The summed E-state index contributed by atoms with van der Waals surface area (Å²) < 4.78 is 0. The van der Waals surface area contributed by atoms with Crippen LogP contribution in [0, 0.1) is 12.8 Å². The van der Waals surface area contributed by atoms with Crippen molar-refractivity contribution in [3.05, 3.63) is 77.9 Å². The van der Waals surface area contributed by atoms with Crippen molar-refractivity contribution in [2.45, 2.75) is 33.7 Å². The van der Waals surface area contributed by atoms with Gasteiger partial charge in [-0.15, -0.1) is 10.2 Å². The average Bonchev–Trinajstić information content (AvgIpc) is 2.92. The minimum Gasteiger partial charge on any atom is -0.352 e. The molecular formula is C29H35N5O2. The van der Waals surface area contributed by atoms with E-state index >= 15 is 0 Å². The second-order valence-corrected chi connectivity index (χ2v) is 9.72. The summed E-state index contributed by atoms with van der Waals surface area (Å²) in [6, 6.07) is 21.9. The number of nitrogens with zero attached hydrogens (tertiary/aromatic N) is 5. The van der Waals surface area contributed by atoms with Crippen molar-refractivity contribution in [3.63, 3.8) is 0 Å². The quantitative estimate of drug-likeness (QED) is 0.498. The van der Waals surface area contributed by atoms with E-state index in [1.165, 1.54) is 5.56 Å². The van der Waals surface area contributed by atoms with Gasteiger partial charge in [0.1, 0.15) is 6.54 Å². The molecule has 0 bridgehead atoms. The summed E-state index contributed by atoms with van der Waals surface area (Å²) in [5, 5.41) is 8.85. The number of amides is 2. The SMILES string of the molecule is Cc1ccc(-c2ccc(N3CCN(C(=O)CN(C(=O)C(C)C)[C@H](C)c4ccccc4)CC3)nn2)cc1. The maximum absolute atomic E-state index is 13.2. The number of carbonyl (C=O) groups excluding carboxylic acids is 2. The largest absolute Gasteiger partial charge is 0.352 e. The molecule has 0 unspecified atom stereocenters.